The highest BCUT2D eigenvalue weighted by Crippen LogP contribution is 2.13. The lowest BCUT2D eigenvalue weighted by atomic mass is 10.2. The maximum atomic E-state index is 11.7. The molecule has 2 heterocycles. The van der Waals surface area contributed by atoms with Crippen LogP contribution < -0.4 is 5.43 Å². The van der Waals surface area contributed by atoms with Crippen molar-refractivity contribution in [1.82, 2.24) is 9.66 Å². The Bertz CT molecular complexity index is 467. The molecule has 0 aliphatic heterocycles. The zero-order valence-electron chi connectivity index (χ0n) is 7.72. The van der Waals surface area contributed by atoms with Crippen LogP contribution in [0.1, 0.15) is 10.4 Å². The average molecular weight is 222 g/mol. The number of rotatable bonds is 2. The Morgan fingerprint density at radius 2 is 2.13 bits per heavy atom. The number of nitrogens with zero attached hydrogens (tertiary/aromatic N) is 2. The predicted molar refractivity (Wildman–Crippen MR) is 57.4 cm³/mol. The van der Waals surface area contributed by atoms with Crippen molar-refractivity contribution in [2.24, 2.45) is 0 Å². The van der Waals surface area contributed by atoms with Crippen LogP contribution in [0.2, 0.25) is 5.02 Å². The molecule has 0 atom stereocenters. The predicted octanol–water partition coefficient (Wildman–Crippen LogP) is 1.92. The second-order valence-corrected chi connectivity index (χ2v) is 3.29. The van der Waals surface area contributed by atoms with Crippen LogP contribution in [0.4, 0.5) is 0 Å². The van der Waals surface area contributed by atoms with E-state index in [0.717, 1.165) is 0 Å². The monoisotopic (exact) mass is 221 g/mol. The van der Waals surface area contributed by atoms with Gasteiger partial charge in [0.2, 0.25) is 0 Å². The SMILES string of the molecule is O=C(Nn1cccc1)c1ccncc1Cl. The van der Waals surface area contributed by atoms with E-state index in [1.54, 1.807) is 23.1 Å². The van der Waals surface area contributed by atoms with Crippen LogP contribution in [0, 0.1) is 0 Å². The molecule has 0 saturated carbocycles. The number of hydrogen-bond donors (Lipinski definition) is 1. The normalized spacial score (nSPS) is 9.93. The first kappa shape index (κ1) is 9.73. The second-order valence-electron chi connectivity index (χ2n) is 2.89. The lowest BCUT2D eigenvalue weighted by Gasteiger charge is -2.06. The zero-order chi connectivity index (χ0) is 10.7. The van der Waals surface area contributed by atoms with Crippen molar-refractivity contribution in [3.05, 3.63) is 53.6 Å². The van der Waals surface area contributed by atoms with Gasteiger partial charge in [0.05, 0.1) is 10.6 Å². The maximum Gasteiger partial charge on any atom is 0.271 e. The molecule has 0 spiro atoms. The number of pyridine rings is 1. The van der Waals surface area contributed by atoms with Gasteiger partial charge in [0, 0.05) is 24.8 Å². The molecule has 15 heavy (non-hydrogen) atoms. The molecule has 0 saturated heterocycles. The first-order chi connectivity index (χ1) is 7.27. The third-order valence-corrected chi connectivity index (χ3v) is 2.15. The highest BCUT2D eigenvalue weighted by atomic mass is 35.5. The van der Waals surface area contributed by atoms with Crippen molar-refractivity contribution in [2.45, 2.75) is 0 Å². The topological polar surface area (TPSA) is 46.9 Å². The minimum absolute atomic E-state index is 0.265. The van der Waals surface area contributed by atoms with Crippen LogP contribution in [0.3, 0.4) is 0 Å². The van der Waals surface area contributed by atoms with E-state index in [4.69, 9.17) is 11.6 Å². The third-order valence-electron chi connectivity index (χ3n) is 1.85. The number of hydrogen-bond acceptors (Lipinski definition) is 2. The fourth-order valence-corrected chi connectivity index (χ4v) is 1.35. The molecule has 1 N–H and O–H groups in total. The molecular formula is C10H8ClN3O. The highest BCUT2D eigenvalue weighted by molar-refractivity contribution is 6.34. The van der Waals surface area contributed by atoms with Gasteiger partial charge in [-0.2, -0.15) is 0 Å². The molecule has 4 nitrogen and oxygen atoms in total. The lowest BCUT2D eigenvalue weighted by molar-refractivity contribution is 0.101. The Balaban J connectivity index is 2.19. The van der Waals surface area contributed by atoms with Gasteiger partial charge in [-0.3, -0.25) is 19.9 Å². The van der Waals surface area contributed by atoms with Gasteiger partial charge in [-0.1, -0.05) is 11.6 Å². The Morgan fingerprint density at radius 1 is 1.40 bits per heavy atom. The Morgan fingerprint density at radius 3 is 2.80 bits per heavy atom. The molecule has 0 aromatic carbocycles. The molecule has 1 amide bonds. The minimum atomic E-state index is -0.265. The number of carbonyl (C=O) groups is 1. The average Bonchev–Trinajstić information content (AvgIpc) is 2.71. The third kappa shape index (κ3) is 2.16. The van der Waals surface area contributed by atoms with Crippen molar-refractivity contribution in [3.63, 3.8) is 0 Å². The maximum absolute atomic E-state index is 11.7. The summed E-state index contributed by atoms with van der Waals surface area (Å²) < 4.78 is 1.55. The summed E-state index contributed by atoms with van der Waals surface area (Å²) in [6.07, 6.45) is 6.42. The molecule has 0 aliphatic carbocycles. The quantitative estimate of drug-likeness (QED) is 0.842. The van der Waals surface area contributed by atoms with E-state index in [1.807, 2.05) is 12.1 Å². The summed E-state index contributed by atoms with van der Waals surface area (Å²) in [5, 5.41) is 0.335. The van der Waals surface area contributed by atoms with Gasteiger partial charge in [-0.25, -0.2) is 0 Å². The molecule has 0 radical (unpaired) electrons. The molecule has 2 aromatic heterocycles. The summed E-state index contributed by atoms with van der Waals surface area (Å²) >= 11 is 5.83. The summed E-state index contributed by atoms with van der Waals surface area (Å²) in [7, 11) is 0. The first-order valence-electron chi connectivity index (χ1n) is 4.31. The molecule has 0 unspecified atom stereocenters. The molecular weight excluding hydrogens is 214 g/mol. The molecule has 0 aliphatic rings. The summed E-state index contributed by atoms with van der Waals surface area (Å²) in [6.45, 7) is 0. The lowest BCUT2D eigenvalue weighted by Crippen LogP contribution is -2.21. The van der Waals surface area contributed by atoms with Gasteiger partial charge in [0.1, 0.15) is 0 Å². The molecule has 5 heteroatoms. The molecule has 76 valence electrons. The van der Waals surface area contributed by atoms with Gasteiger partial charge in [-0.15, -0.1) is 0 Å². The van der Waals surface area contributed by atoms with E-state index in [0.29, 0.717) is 10.6 Å². The first-order valence-corrected chi connectivity index (χ1v) is 4.69. The van der Waals surface area contributed by atoms with Gasteiger partial charge in [0.15, 0.2) is 0 Å². The molecule has 2 rings (SSSR count). The number of carbonyl (C=O) groups excluding carboxylic acids is 1. The Labute approximate surface area is 91.5 Å². The Hall–Kier alpha value is -1.81. The van der Waals surface area contributed by atoms with E-state index >= 15 is 0 Å². The van der Waals surface area contributed by atoms with Crippen molar-refractivity contribution >= 4 is 17.5 Å². The summed E-state index contributed by atoms with van der Waals surface area (Å²) in [5.41, 5.74) is 3.05. The second kappa shape index (κ2) is 4.14. The number of nitrogens with one attached hydrogen (secondary N) is 1. The van der Waals surface area contributed by atoms with E-state index in [-0.39, 0.29) is 5.91 Å². The number of aromatic nitrogens is 2. The van der Waals surface area contributed by atoms with Crippen LogP contribution >= 0.6 is 11.6 Å². The van der Waals surface area contributed by atoms with Crippen molar-refractivity contribution in [2.75, 3.05) is 5.43 Å². The summed E-state index contributed by atoms with van der Waals surface area (Å²) in [5.74, 6) is -0.265. The molecule has 2 aromatic rings. The number of amides is 1. The van der Waals surface area contributed by atoms with E-state index in [9.17, 15) is 4.79 Å². The van der Waals surface area contributed by atoms with Crippen LogP contribution in [0.5, 0.6) is 0 Å². The minimum Gasteiger partial charge on any atom is -0.268 e. The van der Waals surface area contributed by atoms with Gasteiger partial charge in [-0.05, 0) is 18.2 Å². The van der Waals surface area contributed by atoms with Crippen LogP contribution in [0.25, 0.3) is 0 Å². The van der Waals surface area contributed by atoms with Gasteiger partial charge < -0.3 is 0 Å². The standard InChI is InChI=1S/C10H8ClN3O/c11-9-7-12-4-3-8(9)10(15)13-14-5-1-2-6-14/h1-7H,(H,13,15). The van der Waals surface area contributed by atoms with Gasteiger partial charge in [0.25, 0.3) is 5.91 Å². The van der Waals surface area contributed by atoms with Crippen LogP contribution in [-0.4, -0.2) is 15.6 Å². The van der Waals surface area contributed by atoms with Crippen molar-refractivity contribution in [3.8, 4) is 0 Å². The van der Waals surface area contributed by atoms with Crippen LogP contribution in [-0.2, 0) is 0 Å². The van der Waals surface area contributed by atoms with Crippen molar-refractivity contribution in [1.29, 1.82) is 0 Å². The highest BCUT2D eigenvalue weighted by Gasteiger charge is 2.09. The zero-order valence-corrected chi connectivity index (χ0v) is 8.48. The summed E-state index contributed by atoms with van der Waals surface area (Å²) in [4.78, 5) is 15.5. The largest absolute Gasteiger partial charge is 0.271 e. The van der Waals surface area contributed by atoms with Gasteiger partial charge >= 0.3 is 0 Å². The van der Waals surface area contributed by atoms with E-state index in [1.165, 1.54) is 12.4 Å². The Kier molecular flexibility index (Phi) is 2.69. The van der Waals surface area contributed by atoms with E-state index in [2.05, 4.69) is 10.4 Å². The fraction of sp³-hybridized carbons (Fsp3) is 0. The molecule has 0 bridgehead atoms. The number of halogens is 1. The molecule has 0 fully saturated rings. The smallest absolute Gasteiger partial charge is 0.268 e. The van der Waals surface area contributed by atoms with Crippen LogP contribution in [0.15, 0.2) is 43.0 Å². The fourth-order valence-electron chi connectivity index (χ4n) is 1.15. The summed E-state index contributed by atoms with van der Waals surface area (Å²) in [6, 6.07) is 5.20. The van der Waals surface area contributed by atoms with E-state index < -0.39 is 0 Å². The van der Waals surface area contributed by atoms with Crippen molar-refractivity contribution < 1.29 is 4.79 Å².